The van der Waals surface area contributed by atoms with E-state index in [4.69, 9.17) is 16.3 Å². The van der Waals surface area contributed by atoms with E-state index in [2.05, 4.69) is 18.3 Å². The van der Waals surface area contributed by atoms with Crippen molar-refractivity contribution in [3.63, 3.8) is 0 Å². The quantitative estimate of drug-likeness (QED) is 0.641. The van der Waals surface area contributed by atoms with Gasteiger partial charge in [-0.3, -0.25) is 9.59 Å². The van der Waals surface area contributed by atoms with Crippen LogP contribution in [-0.4, -0.2) is 18.7 Å². The molecular formula is C19H20ClNO3. The van der Waals surface area contributed by atoms with E-state index in [1.807, 2.05) is 19.1 Å². The number of carbonyl (C=O) groups is 2. The topological polar surface area (TPSA) is 55.4 Å². The number of amides is 1. The molecule has 0 spiro atoms. The number of benzene rings is 2. The molecule has 0 aliphatic carbocycles. The van der Waals surface area contributed by atoms with Gasteiger partial charge in [-0.15, -0.1) is 0 Å². The van der Waals surface area contributed by atoms with Crippen LogP contribution in [0.2, 0.25) is 5.02 Å². The summed E-state index contributed by atoms with van der Waals surface area (Å²) in [6.07, 6.45) is 0.955. The first-order chi connectivity index (χ1) is 11.5. The van der Waals surface area contributed by atoms with Crippen molar-refractivity contribution in [1.82, 2.24) is 5.32 Å². The van der Waals surface area contributed by atoms with Gasteiger partial charge in [0, 0.05) is 23.2 Å². The lowest BCUT2D eigenvalue weighted by molar-refractivity contribution is -0.116. The second kappa shape index (κ2) is 7.97. The minimum absolute atomic E-state index is 0.115. The second-order valence-electron chi connectivity index (χ2n) is 5.42. The summed E-state index contributed by atoms with van der Waals surface area (Å²) in [6.45, 7) is 4.18. The van der Waals surface area contributed by atoms with Gasteiger partial charge in [0.05, 0.1) is 0 Å². The van der Waals surface area contributed by atoms with Gasteiger partial charge in [0.25, 0.3) is 11.7 Å². The van der Waals surface area contributed by atoms with Crippen LogP contribution in [-0.2, 0) is 17.8 Å². The predicted molar refractivity (Wildman–Crippen MR) is 94.7 cm³/mol. The lowest BCUT2D eigenvalue weighted by Gasteiger charge is -2.14. The average Bonchev–Trinajstić information content (AvgIpc) is 2.59. The normalized spacial score (nSPS) is 10.3. The first-order valence-electron chi connectivity index (χ1n) is 7.74. The second-order valence-corrected chi connectivity index (χ2v) is 5.82. The van der Waals surface area contributed by atoms with Gasteiger partial charge in [0.15, 0.2) is 0 Å². The maximum Gasteiger partial charge on any atom is 0.292 e. The molecule has 1 N–H and O–H groups in total. The number of likely N-dealkylation sites (N-methyl/N-ethyl adjacent to an activating group) is 1. The number of aryl methyl sites for hydroxylation is 2. The number of halogens is 1. The molecule has 0 radical (unpaired) electrons. The van der Waals surface area contributed by atoms with Crippen LogP contribution < -0.4 is 10.1 Å². The number of nitrogens with one attached hydrogen (secondary N) is 1. The van der Waals surface area contributed by atoms with Crippen LogP contribution in [0.4, 0.5) is 0 Å². The van der Waals surface area contributed by atoms with Crippen LogP contribution >= 0.6 is 11.6 Å². The largest absolute Gasteiger partial charge is 0.489 e. The van der Waals surface area contributed by atoms with Crippen molar-refractivity contribution in [2.45, 2.75) is 26.9 Å². The Morgan fingerprint density at radius 3 is 2.58 bits per heavy atom. The summed E-state index contributed by atoms with van der Waals surface area (Å²) >= 11 is 6.21. The lowest BCUT2D eigenvalue weighted by atomic mass is 10.0. The van der Waals surface area contributed by atoms with Crippen LogP contribution in [0.1, 0.15) is 34.0 Å². The molecule has 2 aromatic rings. The van der Waals surface area contributed by atoms with Gasteiger partial charge in [-0.25, -0.2) is 0 Å². The highest BCUT2D eigenvalue weighted by molar-refractivity contribution is 6.43. The van der Waals surface area contributed by atoms with Crippen LogP contribution in [0, 0.1) is 6.92 Å². The molecule has 0 atom stereocenters. The Morgan fingerprint density at radius 1 is 1.21 bits per heavy atom. The van der Waals surface area contributed by atoms with Crippen molar-refractivity contribution in [2.75, 3.05) is 7.05 Å². The molecule has 0 saturated heterocycles. The zero-order chi connectivity index (χ0) is 17.7. The highest BCUT2D eigenvalue weighted by atomic mass is 35.5. The monoisotopic (exact) mass is 345 g/mol. The van der Waals surface area contributed by atoms with Crippen molar-refractivity contribution in [1.29, 1.82) is 0 Å². The van der Waals surface area contributed by atoms with Gasteiger partial charge in [0.1, 0.15) is 12.4 Å². The SMILES string of the molecule is CCc1ccc(OCc2c(Cl)cccc2C(=O)C(=O)NC)c(C)c1. The Morgan fingerprint density at radius 2 is 1.96 bits per heavy atom. The van der Waals surface area contributed by atoms with E-state index in [-0.39, 0.29) is 12.2 Å². The molecule has 0 heterocycles. The highest BCUT2D eigenvalue weighted by Gasteiger charge is 2.20. The van der Waals surface area contributed by atoms with Gasteiger partial charge in [0.2, 0.25) is 0 Å². The van der Waals surface area contributed by atoms with Crippen molar-refractivity contribution in [3.8, 4) is 5.75 Å². The van der Waals surface area contributed by atoms with Crippen LogP contribution in [0.25, 0.3) is 0 Å². The number of carbonyl (C=O) groups excluding carboxylic acids is 2. The third-order valence-corrected chi connectivity index (χ3v) is 4.17. The molecule has 0 saturated carbocycles. The number of ketones is 1. The molecular weight excluding hydrogens is 326 g/mol. The maximum absolute atomic E-state index is 12.2. The third kappa shape index (κ3) is 3.95. The number of Topliss-reactive ketones (excluding diaryl/α,β-unsaturated/α-hetero) is 1. The fourth-order valence-electron chi connectivity index (χ4n) is 2.40. The Bertz CT molecular complexity index is 771. The van der Waals surface area contributed by atoms with Crippen LogP contribution in [0.3, 0.4) is 0 Å². The summed E-state index contributed by atoms with van der Waals surface area (Å²) < 4.78 is 5.84. The molecule has 1 amide bonds. The average molecular weight is 346 g/mol. The Hall–Kier alpha value is -2.33. The Kier molecular flexibility index (Phi) is 5.99. The molecule has 0 aromatic heterocycles. The van der Waals surface area contributed by atoms with E-state index in [1.54, 1.807) is 18.2 Å². The third-order valence-electron chi connectivity index (χ3n) is 3.82. The molecule has 5 heteroatoms. The predicted octanol–water partition coefficient (Wildman–Crippen LogP) is 3.72. The first kappa shape index (κ1) is 18.0. The summed E-state index contributed by atoms with van der Waals surface area (Å²) in [5.74, 6) is -0.580. The van der Waals surface area contributed by atoms with Gasteiger partial charge in [-0.05, 0) is 36.6 Å². The van der Waals surface area contributed by atoms with E-state index in [9.17, 15) is 9.59 Å². The van der Waals surface area contributed by atoms with Gasteiger partial charge in [-0.1, -0.05) is 42.8 Å². The molecule has 0 aliphatic rings. The van der Waals surface area contributed by atoms with Crippen LogP contribution in [0.15, 0.2) is 36.4 Å². The Balaban J connectivity index is 2.27. The number of hydrogen-bond donors (Lipinski definition) is 1. The van der Waals surface area contributed by atoms with Crippen molar-refractivity contribution >= 4 is 23.3 Å². The van der Waals surface area contributed by atoms with E-state index in [0.29, 0.717) is 10.6 Å². The van der Waals surface area contributed by atoms with Crippen molar-refractivity contribution < 1.29 is 14.3 Å². The molecule has 2 rings (SSSR count). The van der Waals surface area contributed by atoms with Crippen molar-refractivity contribution in [2.24, 2.45) is 0 Å². The van der Waals surface area contributed by atoms with E-state index >= 15 is 0 Å². The minimum atomic E-state index is -0.679. The molecule has 0 bridgehead atoms. The molecule has 0 unspecified atom stereocenters. The molecule has 24 heavy (non-hydrogen) atoms. The number of ether oxygens (including phenoxy) is 1. The standard InChI is InChI=1S/C19H20ClNO3/c1-4-13-8-9-17(12(2)10-13)24-11-15-14(6-5-7-16(15)20)18(22)19(23)21-3/h5-10H,4,11H2,1-3H3,(H,21,23). The number of hydrogen-bond acceptors (Lipinski definition) is 3. The first-order valence-corrected chi connectivity index (χ1v) is 8.11. The Labute approximate surface area is 146 Å². The smallest absolute Gasteiger partial charge is 0.292 e. The fourth-order valence-corrected chi connectivity index (χ4v) is 2.63. The lowest BCUT2D eigenvalue weighted by Crippen LogP contribution is -2.28. The summed E-state index contributed by atoms with van der Waals surface area (Å²) in [7, 11) is 1.42. The zero-order valence-electron chi connectivity index (χ0n) is 14.0. The highest BCUT2D eigenvalue weighted by Crippen LogP contribution is 2.25. The number of rotatable bonds is 6. The summed E-state index contributed by atoms with van der Waals surface area (Å²) in [6, 6.07) is 10.9. The summed E-state index contributed by atoms with van der Waals surface area (Å²) in [4.78, 5) is 23.8. The molecule has 4 nitrogen and oxygen atoms in total. The minimum Gasteiger partial charge on any atom is -0.489 e. The fraction of sp³-hybridized carbons (Fsp3) is 0.263. The van der Waals surface area contributed by atoms with Crippen molar-refractivity contribution in [3.05, 3.63) is 63.7 Å². The van der Waals surface area contributed by atoms with E-state index < -0.39 is 11.7 Å². The summed E-state index contributed by atoms with van der Waals surface area (Å²) in [5.41, 5.74) is 3.00. The van der Waals surface area contributed by atoms with Crippen LogP contribution in [0.5, 0.6) is 5.75 Å². The van der Waals surface area contributed by atoms with Gasteiger partial charge < -0.3 is 10.1 Å². The van der Waals surface area contributed by atoms with E-state index in [1.165, 1.54) is 12.6 Å². The molecule has 2 aromatic carbocycles. The molecule has 0 fully saturated rings. The molecule has 126 valence electrons. The van der Waals surface area contributed by atoms with Gasteiger partial charge >= 0.3 is 0 Å². The van der Waals surface area contributed by atoms with Gasteiger partial charge in [-0.2, -0.15) is 0 Å². The maximum atomic E-state index is 12.2. The van der Waals surface area contributed by atoms with E-state index in [0.717, 1.165) is 17.7 Å². The molecule has 0 aliphatic heterocycles. The summed E-state index contributed by atoms with van der Waals surface area (Å²) in [5, 5.41) is 2.73. The zero-order valence-corrected chi connectivity index (χ0v) is 14.7.